The lowest BCUT2D eigenvalue weighted by Crippen LogP contribution is -2.46. The van der Waals surface area contributed by atoms with Crippen molar-refractivity contribution in [2.45, 2.75) is 4.90 Å². The fourth-order valence-electron chi connectivity index (χ4n) is 3.65. The maximum atomic E-state index is 12.7. The van der Waals surface area contributed by atoms with Crippen LogP contribution in [0.4, 0.5) is 11.5 Å². The summed E-state index contributed by atoms with van der Waals surface area (Å²) in [4.78, 5) is 9.17. The van der Waals surface area contributed by atoms with Crippen LogP contribution in [0.2, 0.25) is 0 Å². The van der Waals surface area contributed by atoms with Crippen molar-refractivity contribution in [3.05, 3.63) is 42.6 Å². The zero-order chi connectivity index (χ0) is 20.3. The molecule has 29 heavy (non-hydrogen) atoms. The molecule has 0 spiro atoms. The Labute approximate surface area is 171 Å². The van der Waals surface area contributed by atoms with Crippen molar-refractivity contribution in [3.63, 3.8) is 0 Å². The Hall–Kier alpha value is -2.36. The Kier molecular flexibility index (Phi) is 5.89. The monoisotopic (exact) mass is 418 g/mol. The SMILES string of the molecule is COc1cccc(N2CCN(c3ccc(S(=O)(=O)N4CCOCC4)cn3)CC2)c1. The van der Waals surface area contributed by atoms with Crippen LogP contribution in [-0.4, -0.2) is 77.3 Å². The third-order valence-corrected chi connectivity index (χ3v) is 7.23. The smallest absolute Gasteiger partial charge is 0.244 e. The standard InChI is InChI=1S/C20H26N4O4S/c1-27-18-4-2-3-17(15-18)22-7-9-23(10-8-22)20-6-5-19(16-21-20)29(25,26)24-11-13-28-14-12-24/h2-6,15-16H,7-14H2,1H3. The average molecular weight is 419 g/mol. The van der Waals surface area contributed by atoms with Crippen LogP contribution >= 0.6 is 0 Å². The van der Waals surface area contributed by atoms with Gasteiger partial charge in [-0.3, -0.25) is 0 Å². The van der Waals surface area contributed by atoms with Gasteiger partial charge >= 0.3 is 0 Å². The molecule has 0 radical (unpaired) electrons. The quantitative estimate of drug-likeness (QED) is 0.727. The van der Waals surface area contributed by atoms with Crippen molar-refractivity contribution in [1.29, 1.82) is 0 Å². The number of sulfonamides is 1. The van der Waals surface area contributed by atoms with Crippen LogP contribution in [0.15, 0.2) is 47.5 Å². The molecule has 0 N–H and O–H groups in total. The number of morpholine rings is 1. The Balaban J connectivity index is 1.40. The van der Waals surface area contributed by atoms with Crippen LogP contribution in [0.5, 0.6) is 5.75 Å². The Morgan fingerprint density at radius 2 is 1.69 bits per heavy atom. The molecule has 1 aromatic carbocycles. The van der Waals surface area contributed by atoms with Crippen LogP contribution in [0, 0.1) is 0 Å². The van der Waals surface area contributed by atoms with Crippen LogP contribution in [0.1, 0.15) is 0 Å². The average Bonchev–Trinajstić information content (AvgIpc) is 2.80. The molecule has 0 aliphatic carbocycles. The largest absolute Gasteiger partial charge is 0.497 e. The second-order valence-electron chi connectivity index (χ2n) is 7.04. The summed E-state index contributed by atoms with van der Waals surface area (Å²) in [6, 6.07) is 11.5. The van der Waals surface area contributed by atoms with Gasteiger partial charge < -0.3 is 19.3 Å². The first kappa shape index (κ1) is 19.9. The molecule has 2 fully saturated rings. The summed E-state index contributed by atoms with van der Waals surface area (Å²) in [5.41, 5.74) is 1.14. The molecular formula is C20H26N4O4S. The van der Waals surface area contributed by atoms with Gasteiger partial charge in [0.1, 0.15) is 16.5 Å². The molecule has 2 aliphatic heterocycles. The van der Waals surface area contributed by atoms with Gasteiger partial charge in [0.15, 0.2) is 0 Å². The van der Waals surface area contributed by atoms with E-state index in [-0.39, 0.29) is 4.90 Å². The molecule has 2 saturated heterocycles. The summed E-state index contributed by atoms with van der Waals surface area (Å²) in [6.45, 7) is 5.00. The van der Waals surface area contributed by atoms with E-state index in [2.05, 4.69) is 20.9 Å². The van der Waals surface area contributed by atoms with E-state index in [1.54, 1.807) is 19.2 Å². The lowest BCUT2D eigenvalue weighted by atomic mass is 10.2. The van der Waals surface area contributed by atoms with Gasteiger partial charge in [-0.2, -0.15) is 4.31 Å². The number of benzene rings is 1. The zero-order valence-electron chi connectivity index (χ0n) is 16.5. The molecule has 1 aromatic heterocycles. The minimum Gasteiger partial charge on any atom is -0.497 e. The predicted octanol–water partition coefficient (Wildman–Crippen LogP) is 1.44. The van der Waals surface area contributed by atoms with Gasteiger partial charge in [-0.1, -0.05) is 6.07 Å². The molecule has 4 rings (SSSR count). The summed E-state index contributed by atoms with van der Waals surface area (Å²) in [7, 11) is -1.84. The van der Waals surface area contributed by atoms with E-state index in [0.717, 1.165) is 43.4 Å². The number of aromatic nitrogens is 1. The Morgan fingerprint density at radius 1 is 0.966 bits per heavy atom. The molecule has 9 heteroatoms. The van der Waals surface area contributed by atoms with E-state index >= 15 is 0 Å². The molecule has 0 bridgehead atoms. The van der Waals surface area contributed by atoms with Crippen LogP contribution in [0.3, 0.4) is 0 Å². The first-order valence-corrected chi connectivity index (χ1v) is 11.2. The van der Waals surface area contributed by atoms with E-state index in [4.69, 9.17) is 9.47 Å². The molecule has 156 valence electrons. The number of pyridine rings is 1. The Bertz CT molecular complexity index is 922. The fraction of sp³-hybridized carbons (Fsp3) is 0.450. The van der Waals surface area contributed by atoms with Crippen molar-refractivity contribution in [2.75, 3.05) is 69.4 Å². The van der Waals surface area contributed by atoms with E-state index < -0.39 is 10.0 Å². The number of nitrogens with zero attached hydrogens (tertiary/aromatic N) is 4. The summed E-state index contributed by atoms with van der Waals surface area (Å²) in [5, 5.41) is 0. The highest BCUT2D eigenvalue weighted by molar-refractivity contribution is 7.89. The maximum absolute atomic E-state index is 12.7. The summed E-state index contributed by atoms with van der Waals surface area (Å²) < 4.78 is 37.5. The highest BCUT2D eigenvalue weighted by atomic mass is 32.2. The van der Waals surface area contributed by atoms with Crippen LogP contribution in [-0.2, 0) is 14.8 Å². The van der Waals surface area contributed by atoms with E-state index in [1.807, 2.05) is 18.2 Å². The van der Waals surface area contributed by atoms with Gasteiger partial charge in [0.25, 0.3) is 0 Å². The third kappa shape index (κ3) is 4.31. The summed E-state index contributed by atoms with van der Waals surface area (Å²) in [5.74, 6) is 1.65. The number of anilines is 2. The zero-order valence-corrected chi connectivity index (χ0v) is 17.3. The van der Waals surface area contributed by atoms with Gasteiger partial charge in [-0.15, -0.1) is 0 Å². The topological polar surface area (TPSA) is 75.2 Å². The van der Waals surface area contributed by atoms with Gasteiger partial charge in [-0.05, 0) is 24.3 Å². The van der Waals surface area contributed by atoms with E-state index in [9.17, 15) is 8.42 Å². The highest BCUT2D eigenvalue weighted by Crippen LogP contribution is 2.24. The van der Waals surface area contributed by atoms with Gasteiger partial charge in [0, 0.05) is 57.2 Å². The number of piperazine rings is 1. The first-order valence-electron chi connectivity index (χ1n) is 9.76. The number of rotatable bonds is 5. The summed E-state index contributed by atoms with van der Waals surface area (Å²) in [6.07, 6.45) is 1.47. The van der Waals surface area contributed by atoms with Crippen molar-refractivity contribution in [2.24, 2.45) is 0 Å². The molecular weight excluding hydrogens is 392 g/mol. The van der Waals surface area contributed by atoms with Crippen LogP contribution in [0.25, 0.3) is 0 Å². The lowest BCUT2D eigenvalue weighted by Gasteiger charge is -2.36. The van der Waals surface area contributed by atoms with Gasteiger partial charge in [0.05, 0.1) is 20.3 Å². The molecule has 2 aliphatic rings. The van der Waals surface area contributed by atoms with Gasteiger partial charge in [-0.25, -0.2) is 13.4 Å². The first-order chi connectivity index (χ1) is 14.1. The number of ether oxygens (including phenoxy) is 2. The molecule has 8 nitrogen and oxygen atoms in total. The number of hydrogen-bond donors (Lipinski definition) is 0. The predicted molar refractivity (Wildman–Crippen MR) is 111 cm³/mol. The normalized spacial score (nSPS) is 18.7. The minimum absolute atomic E-state index is 0.234. The van der Waals surface area contributed by atoms with Crippen LogP contribution < -0.4 is 14.5 Å². The van der Waals surface area contributed by atoms with Crippen molar-refractivity contribution >= 4 is 21.5 Å². The molecule has 3 heterocycles. The third-order valence-electron chi connectivity index (χ3n) is 5.35. The minimum atomic E-state index is -3.51. The lowest BCUT2D eigenvalue weighted by molar-refractivity contribution is 0.0730. The van der Waals surface area contributed by atoms with Crippen molar-refractivity contribution in [1.82, 2.24) is 9.29 Å². The van der Waals surface area contributed by atoms with Crippen molar-refractivity contribution in [3.8, 4) is 5.75 Å². The Morgan fingerprint density at radius 3 is 2.34 bits per heavy atom. The van der Waals surface area contributed by atoms with E-state index in [0.29, 0.717) is 26.3 Å². The number of methoxy groups -OCH3 is 1. The maximum Gasteiger partial charge on any atom is 0.244 e. The number of hydrogen-bond acceptors (Lipinski definition) is 7. The van der Waals surface area contributed by atoms with Gasteiger partial charge in [0.2, 0.25) is 10.0 Å². The van der Waals surface area contributed by atoms with E-state index in [1.165, 1.54) is 10.5 Å². The molecule has 0 amide bonds. The van der Waals surface area contributed by atoms with Crippen molar-refractivity contribution < 1.29 is 17.9 Å². The molecule has 0 atom stereocenters. The second kappa shape index (κ2) is 8.56. The molecule has 2 aromatic rings. The second-order valence-corrected chi connectivity index (χ2v) is 8.98. The molecule has 0 unspecified atom stereocenters. The highest BCUT2D eigenvalue weighted by Gasteiger charge is 2.27. The summed E-state index contributed by atoms with van der Waals surface area (Å²) >= 11 is 0. The molecule has 0 saturated carbocycles. The fourth-order valence-corrected chi connectivity index (χ4v) is 5.00.